The van der Waals surface area contributed by atoms with Crippen LogP contribution in [0.25, 0.3) is 5.69 Å². The molecule has 0 fully saturated rings. The van der Waals surface area contributed by atoms with Gasteiger partial charge < -0.3 is 15.4 Å². The maximum Gasteiger partial charge on any atom is 0.268 e. The number of nitrogens with one attached hydrogen (secondary N) is 2. The number of aryl methyl sites for hydroxylation is 2. The van der Waals surface area contributed by atoms with E-state index in [2.05, 4.69) is 10.6 Å². The van der Waals surface area contributed by atoms with E-state index >= 15 is 0 Å². The third kappa shape index (κ3) is 4.80. The van der Waals surface area contributed by atoms with Crippen molar-refractivity contribution >= 4 is 17.5 Å². The second-order valence-corrected chi connectivity index (χ2v) is 6.93. The minimum atomic E-state index is -0.703. The Morgan fingerprint density at radius 3 is 2.55 bits per heavy atom. The van der Waals surface area contributed by atoms with Crippen LogP contribution in [0.4, 0.5) is 10.1 Å². The fourth-order valence-electron chi connectivity index (χ4n) is 3.09. The van der Waals surface area contributed by atoms with Gasteiger partial charge in [-0.05, 0) is 55.3 Å². The maximum absolute atomic E-state index is 13.9. The Hall–Kier alpha value is -3.94. The lowest BCUT2D eigenvalue weighted by Gasteiger charge is -2.14. The van der Waals surface area contributed by atoms with Gasteiger partial charge in [0.1, 0.15) is 17.1 Å². The van der Waals surface area contributed by atoms with E-state index in [9.17, 15) is 18.8 Å². The Labute approximate surface area is 178 Å². The molecule has 0 aliphatic rings. The lowest BCUT2D eigenvalue weighted by atomic mass is 10.1. The highest BCUT2D eigenvalue weighted by Crippen LogP contribution is 2.21. The molecule has 7 nitrogen and oxygen atoms in total. The molecular formula is C23H22FN3O4. The third-order valence-electron chi connectivity index (χ3n) is 4.68. The molecule has 0 saturated carbocycles. The summed E-state index contributed by atoms with van der Waals surface area (Å²) in [5, 5.41) is 4.82. The van der Waals surface area contributed by atoms with Crippen molar-refractivity contribution in [2.75, 3.05) is 19.0 Å². The molecule has 160 valence electrons. The molecule has 3 aromatic rings. The number of carbonyl (C=O) groups excluding carboxylic acids is 2. The van der Waals surface area contributed by atoms with Gasteiger partial charge in [0.2, 0.25) is 5.91 Å². The molecule has 2 amide bonds. The number of aromatic nitrogens is 1. The number of hydrogen-bond acceptors (Lipinski definition) is 4. The van der Waals surface area contributed by atoms with Crippen molar-refractivity contribution in [2.45, 2.75) is 13.8 Å². The first kappa shape index (κ1) is 21.8. The normalized spacial score (nSPS) is 10.5. The van der Waals surface area contributed by atoms with Gasteiger partial charge in [0.15, 0.2) is 0 Å². The van der Waals surface area contributed by atoms with Crippen LogP contribution in [0.3, 0.4) is 0 Å². The highest BCUT2D eigenvalue weighted by atomic mass is 19.1. The van der Waals surface area contributed by atoms with Gasteiger partial charge in [-0.15, -0.1) is 0 Å². The fourth-order valence-corrected chi connectivity index (χ4v) is 3.09. The zero-order valence-electron chi connectivity index (χ0n) is 17.4. The largest absolute Gasteiger partial charge is 0.495 e. The van der Waals surface area contributed by atoms with E-state index in [1.807, 2.05) is 0 Å². The van der Waals surface area contributed by atoms with E-state index in [-0.39, 0.29) is 11.3 Å². The van der Waals surface area contributed by atoms with Crippen molar-refractivity contribution in [1.29, 1.82) is 0 Å². The molecule has 0 spiro atoms. The summed E-state index contributed by atoms with van der Waals surface area (Å²) < 4.78 is 20.5. The molecule has 0 saturated heterocycles. The predicted molar refractivity (Wildman–Crippen MR) is 115 cm³/mol. The molecule has 1 heterocycles. The zero-order valence-corrected chi connectivity index (χ0v) is 17.4. The lowest BCUT2D eigenvalue weighted by molar-refractivity contribution is -0.115. The van der Waals surface area contributed by atoms with Crippen molar-refractivity contribution in [3.8, 4) is 11.4 Å². The Morgan fingerprint density at radius 2 is 1.84 bits per heavy atom. The second kappa shape index (κ2) is 9.25. The molecule has 2 N–H and O–H groups in total. The summed E-state index contributed by atoms with van der Waals surface area (Å²) in [5.41, 5.74) is 1.03. The van der Waals surface area contributed by atoms with Crippen molar-refractivity contribution in [3.05, 3.63) is 87.6 Å². The molecule has 0 radical (unpaired) electrons. The minimum absolute atomic E-state index is 0.0132. The van der Waals surface area contributed by atoms with Gasteiger partial charge in [-0.3, -0.25) is 19.0 Å². The number of hydrogen-bond donors (Lipinski definition) is 2. The summed E-state index contributed by atoms with van der Waals surface area (Å²) in [5.74, 6) is -1.42. The van der Waals surface area contributed by atoms with Gasteiger partial charge in [0.25, 0.3) is 11.5 Å². The van der Waals surface area contributed by atoms with Gasteiger partial charge in [-0.2, -0.15) is 0 Å². The number of carbonyl (C=O) groups is 2. The van der Waals surface area contributed by atoms with Crippen LogP contribution < -0.4 is 20.9 Å². The van der Waals surface area contributed by atoms with E-state index in [1.54, 1.807) is 56.4 Å². The summed E-state index contributed by atoms with van der Waals surface area (Å²) in [4.78, 5) is 37.8. The third-order valence-corrected chi connectivity index (χ3v) is 4.68. The topological polar surface area (TPSA) is 89.4 Å². The number of nitrogens with zero attached hydrogens (tertiary/aromatic N) is 1. The quantitative estimate of drug-likeness (QED) is 0.638. The van der Waals surface area contributed by atoms with Crippen LogP contribution in [-0.4, -0.2) is 30.0 Å². The Kier molecular flexibility index (Phi) is 6.49. The Balaban J connectivity index is 1.79. The van der Waals surface area contributed by atoms with Crippen molar-refractivity contribution < 1.29 is 18.7 Å². The minimum Gasteiger partial charge on any atom is -0.495 e. The number of halogens is 1. The highest BCUT2D eigenvalue weighted by molar-refractivity contribution is 6.00. The Bertz CT molecular complexity index is 1200. The second-order valence-electron chi connectivity index (χ2n) is 6.93. The first-order chi connectivity index (χ1) is 14.8. The first-order valence-electron chi connectivity index (χ1n) is 9.51. The van der Waals surface area contributed by atoms with Gasteiger partial charge in [0.05, 0.1) is 25.0 Å². The van der Waals surface area contributed by atoms with E-state index in [0.717, 1.165) is 5.56 Å². The molecule has 0 unspecified atom stereocenters. The smallest absolute Gasteiger partial charge is 0.268 e. The van der Waals surface area contributed by atoms with Gasteiger partial charge >= 0.3 is 0 Å². The number of amides is 2. The number of pyridine rings is 1. The van der Waals surface area contributed by atoms with Crippen LogP contribution in [-0.2, 0) is 4.79 Å². The molecule has 0 aliphatic carbocycles. The summed E-state index contributed by atoms with van der Waals surface area (Å²) >= 11 is 0. The lowest BCUT2D eigenvalue weighted by Crippen LogP contribution is -2.37. The van der Waals surface area contributed by atoms with Crippen LogP contribution in [0.5, 0.6) is 5.75 Å². The average molecular weight is 423 g/mol. The number of ether oxygens (including phenoxy) is 1. The van der Waals surface area contributed by atoms with E-state index in [4.69, 9.17) is 4.74 Å². The van der Waals surface area contributed by atoms with Crippen molar-refractivity contribution in [1.82, 2.24) is 9.88 Å². The maximum atomic E-state index is 13.9. The summed E-state index contributed by atoms with van der Waals surface area (Å²) in [6, 6.07) is 12.9. The van der Waals surface area contributed by atoms with Crippen LogP contribution in [0.2, 0.25) is 0 Å². The SMILES string of the molecule is COc1ccccc1-n1ccc(C)c(C(=O)NCC(=O)Nc2ccc(C)cc2F)c1=O. The first-order valence-corrected chi connectivity index (χ1v) is 9.51. The monoisotopic (exact) mass is 423 g/mol. The number of anilines is 1. The van der Waals surface area contributed by atoms with Crippen LogP contribution in [0, 0.1) is 19.7 Å². The molecule has 0 bridgehead atoms. The van der Waals surface area contributed by atoms with Crippen LogP contribution in [0.15, 0.2) is 59.5 Å². The van der Waals surface area contributed by atoms with Gasteiger partial charge in [-0.1, -0.05) is 18.2 Å². The van der Waals surface area contributed by atoms with Crippen LogP contribution >= 0.6 is 0 Å². The van der Waals surface area contributed by atoms with Gasteiger partial charge in [0, 0.05) is 6.20 Å². The molecule has 0 atom stereocenters. The number of para-hydroxylation sites is 2. The molecule has 1 aromatic heterocycles. The number of methoxy groups -OCH3 is 1. The van der Waals surface area contributed by atoms with Crippen molar-refractivity contribution in [3.63, 3.8) is 0 Å². The van der Waals surface area contributed by atoms with E-state index in [1.165, 1.54) is 23.8 Å². The Morgan fingerprint density at radius 1 is 1.10 bits per heavy atom. The molecule has 2 aromatic carbocycles. The standard InChI is InChI=1S/C23H22FN3O4/c1-14-8-9-17(16(24)12-14)26-20(28)13-25-22(29)21-15(2)10-11-27(23(21)30)18-6-4-5-7-19(18)31-3/h4-12H,13H2,1-3H3,(H,25,29)(H,26,28). The number of benzene rings is 2. The molecular weight excluding hydrogens is 401 g/mol. The summed E-state index contributed by atoms with van der Waals surface area (Å²) in [6.07, 6.45) is 1.55. The summed E-state index contributed by atoms with van der Waals surface area (Å²) in [6.45, 7) is 2.94. The molecule has 0 aliphatic heterocycles. The fraction of sp³-hybridized carbons (Fsp3) is 0.174. The summed E-state index contributed by atoms with van der Waals surface area (Å²) in [7, 11) is 1.49. The molecule has 8 heteroatoms. The van der Waals surface area contributed by atoms with E-state index in [0.29, 0.717) is 17.0 Å². The van der Waals surface area contributed by atoms with Crippen molar-refractivity contribution in [2.24, 2.45) is 0 Å². The number of rotatable bonds is 6. The van der Waals surface area contributed by atoms with Gasteiger partial charge in [-0.25, -0.2) is 4.39 Å². The molecule has 3 rings (SSSR count). The zero-order chi connectivity index (χ0) is 22.5. The predicted octanol–water partition coefficient (Wildman–Crippen LogP) is 2.97. The average Bonchev–Trinajstić information content (AvgIpc) is 2.74. The van der Waals surface area contributed by atoms with Crippen LogP contribution in [0.1, 0.15) is 21.5 Å². The highest BCUT2D eigenvalue weighted by Gasteiger charge is 2.18. The molecule has 31 heavy (non-hydrogen) atoms. The van der Waals surface area contributed by atoms with E-state index < -0.39 is 29.7 Å².